The van der Waals surface area contributed by atoms with Crippen molar-refractivity contribution in [3.8, 4) is 0 Å². The molecule has 0 amide bonds. The summed E-state index contributed by atoms with van der Waals surface area (Å²) in [4.78, 5) is 4.50. The highest BCUT2D eigenvalue weighted by atomic mass is 32.2. The van der Waals surface area contributed by atoms with Gasteiger partial charge >= 0.3 is 0 Å². The highest BCUT2D eigenvalue weighted by Gasteiger charge is 2.23. The molecule has 3 aromatic rings. The summed E-state index contributed by atoms with van der Waals surface area (Å²) < 4.78 is 22.4. The molecule has 0 aliphatic heterocycles. The predicted octanol–water partition coefficient (Wildman–Crippen LogP) is 3.92. The van der Waals surface area contributed by atoms with Crippen LogP contribution in [0.1, 0.15) is 21.4 Å². The van der Waals surface area contributed by atoms with Gasteiger partial charge in [-0.25, -0.2) is 9.19 Å². The number of para-hydroxylation sites is 1. The molecule has 3 nitrogen and oxygen atoms in total. The van der Waals surface area contributed by atoms with Crippen LogP contribution in [0.25, 0.3) is 10.2 Å². The van der Waals surface area contributed by atoms with Crippen LogP contribution in [-0.2, 0) is 11.1 Å². The fourth-order valence-electron chi connectivity index (χ4n) is 2.09. The first-order chi connectivity index (χ1) is 9.65. The van der Waals surface area contributed by atoms with Gasteiger partial charge in [-0.2, -0.15) is 0 Å². The molecule has 0 spiro atoms. The quantitative estimate of drug-likeness (QED) is 0.746. The number of fused-ring (bicyclic) bond motifs is 1. The van der Waals surface area contributed by atoms with Gasteiger partial charge in [-0.15, -0.1) is 11.3 Å². The minimum absolute atomic E-state index is 0.590. The predicted molar refractivity (Wildman–Crippen MR) is 83.4 cm³/mol. The molecule has 0 aliphatic carbocycles. The molecule has 0 saturated heterocycles. The van der Waals surface area contributed by atoms with Gasteiger partial charge in [-0.1, -0.05) is 42.0 Å². The van der Waals surface area contributed by atoms with Gasteiger partial charge in [0.2, 0.25) is 0 Å². The third-order valence-electron chi connectivity index (χ3n) is 3.12. The Labute approximate surface area is 123 Å². The topological polar surface area (TPSA) is 50.2 Å². The van der Waals surface area contributed by atoms with Crippen molar-refractivity contribution in [3.63, 3.8) is 0 Å². The summed E-state index contributed by atoms with van der Waals surface area (Å²) in [6.45, 7) is 1.99. The van der Waals surface area contributed by atoms with Crippen LogP contribution < -0.4 is 0 Å². The van der Waals surface area contributed by atoms with Crippen molar-refractivity contribution in [1.82, 2.24) is 4.98 Å². The summed E-state index contributed by atoms with van der Waals surface area (Å²) in [6.07, 6.45) is 0. The Kier molecular flexibility index (Phi) is 3.65. The lowest BCUT2D eigenvalue weighted by Crippen LogP contribution is -2.07. The second-order valence-corrected chi connectivity index (χ2v) is 6.67. The van der Waals surface area contributed by atoms with Gasteiger partial charge < -0.3 is 4.55 Å². The summed E-state index contributed by atoms with van der Waals surface area (Å²) >= 11 is -0.522. The number of nitrogens with zero attached hydrogens (tertiary/aromatic N) is 1. The van der Waals surface area contributed by atoms with Gasteiger partial charge in [-0.3, -0.25) is 0 Å². The fraction of sp³-hybridized carbons (Fsp3) is 0.133. The zero-order valence-electron chi connectivity index (χ0n) is 10.8. The maximum absolute atomic E-state index is 11.7. The molecule has 3 rings (SSSR count). The zero-order valence-corrected chi connectivity index (χ0v) is 12.4. The van der Waals surface area contributed by atoms with Crippen LogP contribution in [0.4, 0.5) is 0 Å². The molecule has 1 aromatic heterocycles. The van der Waals surface area contributed by atoms with Crippen molar-refractivity contribution >= 4 is 32.6 Å². The smallest absolute Gasteiger partial charge is 0.167 e. The van der Waals surface area contributed by atoms with Crippen LogP contribution in [0.15, 0.2) is 48.5 Å². The number of thiazole rings is 1. The van der Waals surface area contributed by atoms with E-state index in [0.717, 1.165) is 21.3 Å². The summed E-state index contributed by atoms with van der Waals surface area (Å²) in [5, 5.41) is 0.0869. The average Bonchev–Trinajstić information content (AvgIpc) is 2.84. The van der Waals surface area contributed by atoms with Crippen LogP contribution in [0.5, 0.6) is 0 Å². The molecule has 0 aliphatic rings. The molecule has 0 saturated carbocycles. The second-order valence-electron chi connectivity index (χ2n) is 4.59. The van der Waals surface area contributed by atoms with E-state index in [1.807, 2.05) is 55.5 Å². The zero-order chi connectivity index (χ0) is 14.1. The summed E-state index contributed by atoms with van der Waals surface area (Å²) in [7, 11) is 0. The molecular weight excluding hydrogens is 290 g/mol. The minimum atomic E-state index is -1.99. The molecule has 2 atom stereocenters. The molecule has 1 heterocycles. The first-order valence-electron chi connectivity index (χ1n) is 6.17. The SMILES string of the molecule is Cc1ccc(C(c2nc3ccccc3s2)S(=O)O)cc1. The van der Waals surface area contributed by atoms with Gasteiger partial charge in [0.05, 0.1) is 10.2 Å². The summed E-state index contributed by atoms with van der Waals surface area (Å²) in [6, 6.07) is 15.4. The van der Waals surface area contributed by atoms with Gasteiger partial charge in [0.15, 0.2) is 11.1 Å². The van der Waals surface area contributed by atoms with E-state index in [1.165, 1.54) is 11.3 Å². The molecule has 0 bridgehead atoms. The molecule has 0 radical (unpaired) electrons. The molecule has 20 heavy (non-hydrogen) atoms. The molecule has 102 valence electrons. The van der Waals surface area contributed by atoms with Crippen molar-refractivity contribution in [2.45, 2.75) is 12.2 Å². The second kappa shape index (κ2) is 5.44. The van der Waals surface area contributed by atoms with Crippen molar-refractivity contribution < 1.29 is 8.76 Å². The van der Waals surface area contributed by atoms with Crippen molar-refractivity contribution in [1.29, 1.82) is 0 Å². The molecule has 1 N–H and O–H groups in total. The monoisotopic (exact) mass is 303 g/mol. The Balaban J connectivity index is 2.10. The summed E-state index contributed by atoms with van der Waals surface area (Å²) in [5.74, 6) is 0. The Bertz CT molecular complexity index is 732. The van der Waals surface area contributed by atoms with E-state index in [0.29, 0.717) is 5.01 Å². The number of rotatable bonds is 3. The van der Waals surface area contributed by atoms with Gasteiger partial charge in [-0.05, 0) is 24.6 Å². The first kappa shape index (κ1) is 13.4. The fourth-order valence-corrected chi connectivity index (χ4v) is 4.07. The lowest BCUT2D eigenvalue weighted by atomic mass is 10.1. The lowest BCUT2D eigenvalue weighted by Gasteiger charge is -2.10. The molecule has 5 heteroatoms. The Hall–Kier alpha value is -1.56. The van der Waals surface area contributed by atoms with E-state index >= 15 is 0 Å². The minimum Gasteiger partial charge on any atom is -0.305 e. The van der Waals surface area contributed by atoms with Crippen molar-refractivity contribution in [3.05, 3.63) is 64.7 Å². The maximum Gasteiger partial charge on any atom is 0.167 e. The highest BCUT2D eigenvalue weighted by Crippen LogP contribution is 2.33. The maximum atomic E-state index is 11.7. The molecule has 2 aromatic carbocycles. The van der Waals surface area contributed by atoms with Crippen molar-refractivity contribution in [2.75, 3.05) is 0 Å². The third-order valence-corrected chi connectivity index (χ3v) is 5.27. The molecule has 0 fully saturated rings. The third kappa shape index (κ3) is 2.52. The van der Waals surface area contributed by atoms with Gasteiger partial charge in [0, 0.05) is 0 Å². The largest absolute Gasteiger partial charge is 0.305 e. The van der Waals surface area contributed by atoms with E-state index in [2.05, 4.69) is 4.98 Å². The number of hydrogen-bond donors (Lipinski definition) is 1. The van der Waals surface area contributed by atoms with Crippen LogP contribution in [0.2, 0.25) is 0 Å². The number of aromatic nitrogens is 1. The lowest BCUT2D eigenvalue weighted by molar-refractivity contribution is 0.556. The Morgan fingerprint density at radius 2 is 1.85 bits per heavy atom. The molecular formula is C15H13NO2S2. The van der Waals surface area contributed by atoms with Crippen LogP contribution >= 0.6 is 11.3 Å². The standard InChI is InChI=1S/C15H13NO2S2/c1-10-6-8-11(9-7-10)14(20(17)18)15-16-12-4-2-3-5-13(12)19-15/h2-9,14H,1H3,(H,17,18). The van der Waals surface area contributed by atoms with Crippen molar-refractivity contribution in [2.24, 2.45) is 0 Å². The van der Waals surface area contributed by atoms with E-state index in [1.54, 1.807) is 0 Å². The van der Waals surface area contributed by atoms with Crippen LogP contribution in [-0.4, -0.2) is 13.7 Å². The van der Waals surface area contributed by atoms with Crippen LogP contribution in [0, 0.1) is 6.92 Å². The van der Waals surface area contributed by atoms with E-state index in [9.17, 15) is 8.76 Å². The number of aryl methyl sites for hydroxylation is 1. The molecule has 2 unspecified atom stereocenters. The van der Waals surface area contributed by atoms with Crippen LogP contribution in [0.3, 0.4) is 0 Å². The van der Waals surface area contributed by atoms with Gasteiger partial charge in [0.25, 0.3) is 0 Å². The van der Waals surface area contributed by atoms with Gasteiger partial charge in [0.1, 0.15) is 10.3 Å². The van der Waals surface area contributed by atoms with E-state index < -0.39 is 16.3 Å². The summed E-state index contributed by atoms with van der Waals surface area (Å²) in [5.41, 5.74) is 2.81. The normalized spacial score (nSPS) is 14.3. The highest BCUT2D eigenvalue weighted by molar-refractivity contribution is 7.79. The Morgan fingerprint density at radius 1 is 1.15 bits per heavy atom. The number of hydrogen-bond acceptors (Lipinski definition) is 3. The van der Waals surface area contributed by atoms with E-state index in [-0.39, 0.29) is 0 Å². The van der Waals surface area contributed by atoms with E-state index in [4.69, 9.17) is 0 Å². The first-order valence-corrected chi connectivity index (χ1v) is 8.15. The Morgan fingerprint density at radius 3 is 2.50 bits per heavy atom. The average molecular weight is 303 g/mol. The number of benzene rings is 2.